The number of hydrogen-bond acceptors (Lipinski definition) is 5. The first kappa shape index (κ1) is 16.2. The Morgan fingerprint density at radius 3 is 2.29 bits per heavy atom. The van der Waals surface area contributed by atoms with Gasteiger partial charge in [-0.25, -0.2) is 9.97 Å². The first-order valence-electron chi connectivity index (χ1n) is 7.74. The van der Waals surface area contributed by atoms with E-state index in [0.717, 1.165) is 41.3 Å². The number of aromatic nitrogens is 2. The van der Waals surface area contributed by atoms with Crippen molar-refractivity contribution < 1.29 is 4.42 Å². The standard InChI is InChI=1S/C18H17ClN4O/c1-3-20-17-18(21-4-2)23-16-10-14(19)13(9-15(16)22-17)6-5-12-7-8-24-11-12/h7-11H,3-4H2,1-2H3,(H,20,22)(H,21,23). The Labute approximate surface area is 145 Å². The molecule has 0 spiro atoms. The Morgan fingerprint density at radius 1 is 1.04 bits per heavy atom. The van der Waals surface area contributed by atoms with E-state index in [1.165, 1.54) is 0 Å². The first-order chi connectivity index (χ1) is 11.7. The molecule has 24 heavy (non-hydrogen) atoms. The van der Waals surface area contributed by atoms with E-state index in [2.05, 4.69) is 32.4 Å². The van der Waals surface area contributed by atoms with E-state index in [-0.39, 0.29) is 0 Å². The van der Waals surface area contributed by atoms with Crippen molar-refractivity contribution >= 4 is 34.3 Å². The van der Waals surface area contributed by atoms with Gasteiger partial charge in [0.25, 0.3) is 0 Å². The highest BCUT2D eigenvalue weighted by Crippen LogP contribution is 2.26. The van der Waals surface area contributed by atoms with Crippen LogP contribution in [0.25, 0.3) is 11.0 Å². The Bertz CT molecular complexity index is 910. The van der Waals surface area contributed by atoms with Gasteiger partial charge in [-0.05, 0) is 32.0 Å². The fourth-order valence-corrected chi connectivity index (χ4v) is 2.43. The quantitative estimate of drug-likeness (QED) is 0.699. The normalized spacial score (nSPS) is 10.3. The van der Waals surface area contributed by atoms with Crippen LogP contribution in [-0.2, 0) is 0 Å². The van der Waals surface area contributed by atoms with Crippen molar-refractivity contribution in [2.75, 3.05) is 23.7 Å². The van der Waals surface area contributed by atoms with Gasteiger partial charge >= 0.3 is 0 Å². The Morgan fingerprint density at radius 2 is 1.71 bits per heavy atom. The molecule has 0 saturated heterocycles. The molecule has 0 aliphatic rings. The minimum atomic E-state index is 0.548. The number of anilines is 2. The lowest BCUT2D eigenvalue weighted by atomic mass is 10.2. The van der Waals surface area contributed by atoms with Gasteiger partial charge in [-0.15, -0.1) is 0 Å². The average molecular weight is 341 g/mol. The number of hydrogen-bond donors (Lipinski definition) is 2. The SMILES string of the molecule is CCNc1nc2cc(Cl)c(C#Cc3ccoc3)cc2nc1NCC. The maximum atomic E-state index is 6.34. The van der Waals surface area contributed by atoms with Crippen LogP contribution in [0.4, 0.5) is 11.6 Å². The number of fused-ring (bicyclic) bond motifs is 1. The van der Waals surface area contributed by atoms with Gasteiger partial charge in [0.2, 0.25) is 0 Å². The minimum Gasteiger partial charge on any atom is -0.471 e. The van der Waals surface area contributed by atoms with E-state index in [4.69, 9.17) is 16.0 Å². The van der Waals surface area contributed by atoms with Crippen molar-refractivity contribution in [1.29, 1.82) is 0 Å². The van der Waals surface area contributed by atoms with Gasteiger partial charge in [0.1, 0.15) is 6.26 Å². The number of halogens is 1. The molecule has 0 amide bonds. The highest BCUT2D eigenvalue weighted by Gasteiger charge is 2.10. The molecular weight excluding hydrogens is 324 g/mol. The second kappa shape index (κ2) is 7.24. The van der Waals surface area contributed by atoms with Gasteiger partial charge in [0, 0.05) is 18.7 Å². The second-order valence-corrected chi connectivity index (χ2v) is 5.47. The molecule has 2 N–H and O–H groups in total. The Kier molecular flexibility index (Phi) is 4.88. The molecular formula is C18H17ClN4O. The molecule has 0 saturated carbocycles. The largest absolute Gasteiger partial charge is 0.471 e. The number of nitrogens with zero attached hydrogens (tertiary/aromatic N) is 2. The van der Waals surface area contributed by atoms with Crippen LogP contribution in [0.15, 0.2) is 35.1 Å². The van der Waals surface area contributed by atoms with Gasteiger partial charge in [0.05, 0.1) is 27.9 Å². The van der Waals surface area contributed by atoms with Crippen molar-refractivity contribution in [2.45, 2.75) is 13.8 Å². The van der Waals surface area contributed by atoms with Crippen LogP contribution < -0.4 is 10.6 Å². The fraction of sp³-hybridized carbons (Fsp3) is 0.222. The third-order valence-corrected chi connectivity index (χ3v) is 3.62. The summed E-state index contributed by atoms with van der Waals surface area (Å²) >= 11 is 6.34. The minimum absolute atomic E-state index is 0.548. The van der Waals surface area contributed by atoms with Crippen LogP contribution in [0.1, 0.15) is 25.0 Å². The molecule has 2 aromatic heterocycles. The van der Waals surface area contributed by atoms with Crippen LogP contribution in [-0.4, -0.2) is 23.1 Å². The first-order valence-corrected chi connectivity index (χ1v) is 8.12. The molecule has 0 fully saturated rings. The summed E-state index contributed by atoms with van der Waals surface area (Å²) in [5.74, 6) is 7.51. The summed E-state index contributed by atoms with van der Waals surface area (Å²) in [5.41, 5.74) is 2.98. The predicted molar refractivity (Wildman–Crippen MR) is 97.6 cm³/mol. The van der Waals surface area contributed by atoms with E-state index in [1.807, 2.05) is 19.9 Å². The number of furan rings is 1. The summed E-state index contributed by atoms with van der Waals surface area (Å²) in [7, 11) is 0. The highest BCUT2D eigenvalue weighted by molar-refractivity contribution is 6.32. The molecule has 0 aliphatic carbocycles. The molecule has 0 atom stereocenters. The zero-order valence-corrected chi connectivity index (χ0v) is 14.2. The monoisotopic (exact) mass is 340 g/mol. The Balaban J connectivity index is 2.07. The third-order valence-electron chi connectivity index (χ3n) is 3.30. The topological polar surface area (TPSA) is 63.0 Å². The van der Waals surface area contributed by atoms with Crippen LogP contribution in [0.2, 0.25) is 5.02 Å². The van der Waals surface area contributed by atoms with Crippen molar-refractivity contribution in [2.24, 2.45) is 0 Å². The second-order valence-electron chi connectivity index (χ2n) is 5.06. The third kappa shape index (κ3) is 3.44. The molecule has 0 aliphatic heterocycles. The highest BCUT2D eigenvalue weighted by atomic mass is 35.5. The van der Waals surface area contributed by atoms with Crippen LogP contribution >= 0.6 is 11.6 Å². The molecule has 3 aromatic rings. The lowest BCUT2D eigenvalue weighted by molar-refractivity contribution is 0.566. The van der Waals surface area contributed by atoms with E-state index in [1.54, 1.807) is 24.7 Å². The van der Waals surface area contributed by atoms with Gasteiger partial charge < -0.3 is 15.1 Å². The molecule has 0 unspecified atom stereocenters. The number of nitrogens with one attached hydrogen (secondary N) is 2. The smallest absolute Gasteiger partial charge is 0.169 e. The molecule has 0 radical (unpaired) electrons. The molecule has 6 heteroatoms. The number of benzene rings is 1. The van der Waals surface area contributed by atoms with Crippen LogP contribution in [0, 0.1) is 11.8 Å². The van der Waals surface area contributed by atoms with Gasteiger partial charge in [0.15, 0.2) is 11.6 Å². The van der Waals surface area contributed by atoms with E-state index >= 15 is 0 Å². The maximum Gasteiger partial charge on any atom is 0.169 e. The fourth-order valence-electron chi connectivity index (χ4n) is 2.23. The van der Waals surface area contributed by atoms with E-state index in [0.29, 0.717) is 10.6 Å². The molecule has 3 rings (SSSR count). The van der Waals surface area contributed by atoms with E-state index in [9.17, 15) is 0 Å². The summed E-state index contributed by atoms with van der Waals surface area (Å²) in [6.45, 7) is 5.56. The van der Waals surface area contributed by atoms with Crippen molar-refractivity contribution in [3.8, 4) is 11.8 Å². The molecule has 1 aromatic carbocycles. The summed E-state index contributed by atoms with van der Waals surface area (Å²) < 4.78 is 5.01. The van der Waals surface area contributed by atoms with Crippen molar-refractivity contribution in [1.82, 2.24) is 9.97 Å². The van der Waals surface area contributed by atoms with Crippen LogP contribution in [0.3, 0.4) is 0 Å². The van der Waals surface area contributed by atoms with Gasteiger partial charge in [-0.1, -0.05) is 23.4 Å². The molecule has 122 valence electrons. The molecule has 2 heterocycles. The van der Waals surface area contributed by atoms with Crippen molar-refractivity contribution in [3.05, 3.63) is 46.9 Å². The number of rotatable bonds is 4. The average Bonchev–Trinajstić information content (AvgIpc) is 3.08. The molecule has 5 nitrogen and oxygen atoms in total. The molecule has 0 bridgehead atoms. The zero-order valence-electron chi connectivity index (χ0n) is 13.5. The van der Waals surface area contributed by atoms with E-state index < -0.39 is 0 Å². The zero-order chi connectivity index (χ0) is 16.9. The lowest BCUT2D eigenvalue weighted by Gasteiger charge is -2.11. The lowest BCUT2D eigenvalue weighted by Crippen LogP contribution is -2.08. The van der Waals surface area contributed by atoms with Gasteiger partial charge in [-0.3, -0.25) is 0 Å². The summed E-state index contributed by atoms with van der Waals surface area (Å²) in [6, 6.07) is 5.45. The summed E-state index contributed by atoms with van der Waals surface area (Å²) in [6.07, 6.45) is 3.18. The maximum absolute atomic E-state index is 6.34. The van der Waals surface area contributed by atoms with Crippen LogP contribution in [0.5, 0.6) is 0 Å². The van der Waals surface area contributed by atoms with Gasteiger partial charge in [-0.2, -0.15) is 0 Å². The predicted octanol–water partition coefficient (Wildman–Crippen LogP) is 4.14. The summed E-state index contributed by atoms with van der Waals surface area (Å²) in [5, 5.41) is 6.98. The Hall–Kier alpha value is -2.71. The van der Waals surface area contributed by atoms with Crippen molar-refractivity contribution in [3.63, 3.8) is 0 Å². The summed E-state index contributed by atoms with van der Waals surface area (Å²) in [4.78, 5) is 9.26.